The highest BCUT2D eigenvalue weighted by Crippen LogP contribution is 2.26. The Morgan fingerprint density at radius 1 is 1.00 bits per heavy atom. The van der Waals surface area contributed by atoms with Gasteiger partial charge in [0.1, 0.15) is 5.82 Å². The Hall–Kier alpha value is -1.35. The van der Waals surface area contributed by atoms with Crippen molar-refractivity contribution in [3.8, 4) is 0 Å². The van der Waals surface area contributed by atoms with Gasteiger partial charge in [0.05, 0.1) is 0 Å². The molecule has 2 nitrogen and oxygen atoms in total. The summed E-state index contributed by atoms with van der Waals surface area (Å²) in [4.78, 5) is 6.55. The second-order valence-corrected chi connectivity index (χ2v) is 5.47. The van der Waals surface area contributed by atoms with E-state index in [1.54, 1.807) is 0 Å². The molecule has 0 atom stereocenters. The summed E-state index contributed by atoms with van der Waals surface area (Å²) in [7, 11) is 2.04. The van der Waals surface area contributed by atoms with Gasteiger partial charge in [-0.05, 0) is 71.6 Å². The Kier molecular flexibility index (Phi) is 3.71. The van der Waals surface area contributed by atoms with Crippen LogP contribution in [0.5, 0.6) is 0 Å². The van der Waals surface area contributed by atoms with Crippen molar-refractivity contribution < 1.29 is 0 Å². The lowest BCUT2D eigenvalue weighted by atomic mass is 10.1. The molecule has 2 rings (SSSR count). The van der Waals surface area contributed by atoms with Gasteiger partial charge in [-0.25, -0.2) is 4.98 Å². The average Bonchev–Trinajstić information content (AvgIpc) is 2.35. The molecule has 0 aliphatic heterocycles. The van der Waals surface area contributed by atoms with Gasteiger partial charge < -0.3 is 4.90 Å². The van der Waals surface area contributed by atoms with E-state index in [-0.39, 0.29) is 0 Å². The second-order valence-electron chi connectivity index (χ2n) is 4.62. The van der Waals surface area contributed by atoms with Gasteiger partial charge in [0.25, 0.3) is 0 Å². The molecule has 0 fully saturated rings. The lowest BCUT2D eigenvalue weighted by molar-refractivity contribution is 1.11. The Morgan fingerprint density at radius 2 is 1.72 bits per heavy atom. The van der Waals surface area contributed by atoms with Gasteiger partial charge in [0.15, 0.2) is 0 Å². The minimum absolute atomic E-state index is 0.957. The zero-order valence-corrected chi connectivity index (χ0v) is 12.7. The fourth-order valence-corrected chi connectivity index (χ4v) is 1.99. The largest absolute Gasteiger partial charge is 0.329 e. The minimum atomic E-state index is 0.957. The fraction of sp³-hybridized carbons (Fsp3) is 0.267. The van der Waals surface area contributed by atoms with Gasteiger partial charge in [-0.3, -0.25) is 0 Å². The maximum Gasteiger partial charge on any atom is 0.132 e. The molecule has 0 amide bonds. The van der Waals surface area contributed by atoms with E-state index in [1.165, 1.54) is 16.7 Å². The van der Waals surface area contributed by atoms with E-state index in [0.29, 0.717) is 0 Å². The minimum Gasteiger partial charge on any atom is -0.329 e. The fourth-order valence-electron chi connectivity index (χ4n) is 1.77. The van der Waals surface area contributed by atoms with Gasteiger partial charge in [0, 0.05) is 23.4 Å². The number of pyridine rings is 1. The van der Waals surface area contributed by atoms with Crippen molar-refractivity contribution in [1.29, 1.82) is 0 Å². The van der Waals surface area contributed by atoms with Gasteiger partial charge in [-0.15, -0.1) is 0 Å². The number of rotatable bonds is 2. The van der Waals surface area contributed by atoms with Gasteiger partial charge in [0.2, 0.25) is 0 Å². The third-order valence-electron chi connectivity index (χ3n) is 3.25. The number of benzene rings is 1. The van der Waals surface area contributed by atoms with Crippen LogP contribution in [-0.2, 0) is 0 Å². The highest BCUT2D eigenvalue weighted by atomic mass is 79.9. The smallest absolute Gasteiger partial charge is 0.132 e. The van der Waals surface area contributed by atoms with Crippen LogP contribution in [-0.4, -0.2) is 12.0 Å². The zero-order chi connectivity index (χ0) is 13.3. The summed E-state index contributed by atoms with van der Waals surface area (Å²) >= 11 is 3.47. The summed E-state index contributed by atoms with van der Waals surface area (Å²) < 4.78 is 1.04. The summed E-state index contributed by atoms with van der Waals surface area (Å²) in [6, 6.07) is 8.54. The Bertz CT molecular complexity index is 527. The van der Waals surface area contributed by atoms with E-state index in [9.17, 15) is 0 Å². The van der Waals surface area contributed by atoms with E-state index < -0.39 is 0 Å². The summed E-state index contributed by atoms with van der Waals surface area (Å²) in [6.45, 7) is 6.33. The molecule has 1 aromatic carbocycles. The average molecular weight is 305 g/mol. The SMILES string of the molecule is Cc1ccc(N(C)c2cc(C)c(Br)cn2)cc1C. The van der Waals surface area contributed by atoms with Crippen molar-refractivity contribution >= 4 is 27.4 Å². The van der Waals surface area contributed by atoms with Crippen LogP contribution in [0.1, 0.15) is 16.7 Å². The maximum absolute atomic E-state index is 4.45. The summed E-state index contributed by atoms with van der Waals surface area (Å²) in [5, 5.41) is 0. The van der Waals surface area contributed by atoms with Crippen molar-refractivity contribution in [3.63, 3.8) is 0 Å². The van der Waals surface area contributed by atoms with E-state index >= 15 is 0 Å². The van der Waals surface area contributed by atoms with Gasteiger partial charge in [-0.1, -0.05) is 6.07 Å². The summed E-state index contributed by atoms with van der Waals surface area (Å²) in [6.07, 6.45) is 1.85. The number of halogens is 1. The summed E-state index contributed by atoms with van der Waals surface area (Å²) in [5.74, 6) is 0.957. The number of aryl methyl sites for hydroxylation is 3. The van der Waals surface area contributed by atoms with E-state index in [4.69, 9.17) is 0 Å². The molecule has 0 spiro atoms. The standard InChI is InChI=1S/C15H17BrN2/c1-10-5-6-13(7-11(10)2)18(4)15-8-12(3)14(16)9-17-15/h5-9H,1-4H3. The quantitative estimate of drug-likeness (QED) is 0.810. The van der Waals surface area contributed by atoms with Crippen molar-refractivity contribution in [2.75, 3.05) is 11.9 Å². The van der Waals surface area contributed by atoms with Crippen LogP contribution in [0.4, 0.5) is 11.5 Å². The van der Waals surface area contributed by atoms with Crippen molar-refractivity contribution in [3.05, 3.63) is 51.6 Å². The molecule has 0 aliphatic rings. The predicted octanol–water partition coefficient (Wildman–Crippen LogP) is 4.54. The van der Waals surface area contributed by atoms with Crippen molar-refractivity contribution in [2.24, 2.45) is 0 Å². The lowest BCUT2D eigenvalue weighted by Crippen LogP contribution is -2.11. The van der Waals surface area contributed by atoms with E-state index in [2.05, 4.69) is 70.9 Å². The highest BCUT2D eigenvalue weighted by Gasteiger charge is 2.07. The molecule has 2 aromatic rings. The number of aromatic nitrogens is 1. The molecule has 0 N–H and O–H groups in total. The first-order valence-electron chi connectivity index (χ1n) is 5.92. The first kappa shape index (κ1) is 13.1. The highest BCUT2D eigenvalue weighted by molar-refractivity contribution is 9.10. The van der Waals surface area contributed by atoms with Crippen LogP contribution < -0.4 is 4.90 Å². The zero-order valence-electron chi connectivity index (χ0n) is 11.2. The molecule has 3 heteroatoms. The molecule has 94 valence electrons. The molecule has 0 bridgehead atoms. The monoisotopic (exact) mass is 304 g/mol. The van der Waals surface area contributed by atoms with Crippen LogP contribution in [0.15, 0.2) is 34.9 Å². The number of hydrogen-bond acceptors (Lipinski definition) is 2. The first-order valence-corrected chi connectivity index (χ1v) is 6.71. The van der Waals surface area contributed by atoms with Crippen LogP contribution in [0.25, 0.3) is 0 Å². The Morgan fingerprint density at radius 3 is 2.33 bits per heavy atom. The molecule has 1 heterocycles. The van der Waals surface area contributed by atoms with E-state index in [1.807, 2.05) is 13.2 Å². The van der Waals surface area contributed by atoms with Crippen molar-refractivity contribution in [2.45, 2.75) is 20.8 Å². The molecule has 0 aliphatic carbocycles. The summed E-state index contributed by atoms with van der Waals surface area (Å²) in [5.41, 5.74) is 4.96. The molecule has 18 heavy (non-hydrogen) atoms. The maximum atomic E-state index is 4.45. The van der Waals surface area contributed by atoms with Crippen molar-refractivity contribution in [1.82, 2.24) is 4.98 Å². The second kappa shape index (κ2) is 5.11. The molecule has 0 saturated heterocycles. The Labute approximate surface area is 117 Å². The lowest BCUT2D eigenvalue weighted by Gasteiger charge is -2.20. The van der Waals surface area contributed by atoms with Crippen LogP contribution >= 0.6 is 15.9 Å². The number of hydrogen-bond donors (Lipinski definition) is 0. The molecule has 1 aromatic heterocycles. The molecular formula is C15H17BrN2. The molecule has 0 radical (unpaired) electrons. The van der Waals surface area contributed by atoms with Crippen LogP contribution in [0, 0.1) is 20.8 Å². The molecule has 0 unspecified atom stereocenters. The third-order valence-corrected chi connectivity index (χ3v) is 4.08. The number of anilines is 2. The molecular weight excluding hydrogens is 288 g/mol. The predicted molar refractivity (Wildman–Crippen MR) is 80.7 cm³/mol. The topological polar surface area (TPSA) is 16.1 Å². The number of nitrogens with zero attached hydrogens (tertiary/aromatic N) is 2. The molecule has 0 saturated carbocycles. The van der Waals surface area contributed by atoms with E-state index in [0.717, 1.165) is 16.0 Å². The third kappa shape index (κ3) is 2.56. The first-order chi connectivity index (χ1) is 8.49. The van der Waals surface area contributed by atoms with Gasteiger partial charge in [-0.2, -0.15) is 0 Å². The van der Waals surface area contributed by atoms with Crippen LogP contribution in [0.2, 0.25) is 0 Å². The Balaban J connectivity index is 2.37. The van der Waals surface area contributed by atoms with Crippen LogP contribution in [0.3, 0.4) is 0 Å². The normalized spacial score (nSPS) is 10.5. The van der Waals surface area contributed by atoms with Gasteiger partial charge >= 0.3 is 0 Å².